The number of likely N-dealkylation sites (N-methyl/N-ethyl adjacent to an activating group) is 1. The van der Waals surface area contributed by atoms with Crippen molar-refractivity contribution < 1.29 is 29.0 Å². The lowest BCUT2D eigenvalue weighted by Crippen LogP contribution is -2.76. The number of nitrogens with one attached hydrogen (secondary N) is 1. The summed E-state index contributed by atoms with van der Waals surface area (Å²) in [5.41, 5.74) is 1.92. The van der Waals surface area contributed by atoms with E-state index in [1.807, 2.05) is 49.4 Å². The van der Waals surface area contributed by atoms with E-state index in [0.717, 1.165) is 11.1 Å². The van der Waals surface area contributed by atoms with Crippen LogP contribution in [-0.2, 0) is 20.9 Å². The number of piperazine rings is 1. The first-order valence-corrected chi connectivity index (χ1v) is 13.0. The fraction of sp³-hybridized carbons (Fsp3) is 0.429. The van der Waals surface area contributed by atoms with Gasteiger partial charge in [-0.05, 0) is 35.6 Å². The van der Waals surface area contributed by atoms with Crippen LogP contribution in [-0.4, -0.2) is 94.7 Å². The van der Waals surface area contributed by atoms with Crippen LogP contribution in [0.4, 0.5) is 4.79 Å². The summed E-state index contributed by atoms with van der Waals surface area (Å²) >= 11 is 0. The summed E-state index contributed by atoms with van der Waals surface area (Å²) in [7, 11) is 3.24. The maximum absolute atomic E-state index is 13.6. The maximum atomic E-state index is 13.6. The van der Waals surface area contributed by atoms with Crippen molar-refractivity contribution in [3.05, 3.63) is 65.7 Å². The van der Waals surface area contributed by atoms with Crippen molar-refractivity contribution >= 4 is 23.8 Å². The largest absolute Gasteiger partial charge is 0.497 e. The average Bonchev–Trinajstić information content (AvgIpc) is 2.92. The van der Waals surface area contributed by atoms with Gasteiger partial charge in [0.05, 0.1) is 20.2 Å². The molecule has 4 rings (SSSR count). The van der Waals surface area contributed by atoms with Gasteiger partial charge >= 0.3 is 12.0 Å². The SMILES string of the molecule is COc1ccc(CNC(=O)N2[C@H]3CN(CC(C)c4ccccc4)C(=O)[C@H](CCC(=O)O)N3C(=O)CN2C)cc1. The monoisotopic (exact) mass is 537 g/mol. The third kappa shape index (κ3) is 6.31. The number of methoxy groups -OCH3 is 1. The number of rotatable bonds is 9. The Labute approximate surface area is 227 Å². The molecule has 2 aromatic carbocycles. The van der Waals surface area contributed by atoms with Gasteiger partial charge < -0.3 is 25.0 Å². The number of fused-ring (bicyclic) bond motifs is 1. The molecule has 2 aliphatic heterocycles. The molecular formula is C28H35N5O6. The molecular weight excluding hydrogens is 502 g/mol. The minimum Gasteiger partial charge on any atom is -0.497 e. The van der Waals surface area contributed by atoms with Gasteiger partial charge in [0.1, 0.15) is 18.0 Å². The second kappa shape index (κ2) is 12.2. The van der Waals surface area contributed by atoms with E-state index < -0.39 is 24.2 Å². The number of amides is 4. The number of hydrazine groups is 1. The topological polar surface area (TPSA) is 123 Å². The molecule has 0 aromatic heterocycles. The molecule has 2 aromatic rings. The van der Waals surface area contributed by atoms with Crippen molar-refractivity contribution in [2.45, 2.75) is 44.4 Å². The lowest BCUT2D eigenvalue weighted by atomic mass is 9.97. The number of benzene rings is 2. The van der Waals surface area contributed by atoms with Crippen LogP contribution in [0.3, 0.4) is 0 Å². The van der Waals surface area contributed by atoms with Gasteiger partial charge in [0.2, 0.25) is 11.8 Å². The molecule has 2 N–H and O–H groups in total. The van der Waals surface area contributed by atoms with Crippen LogP contribution >= 0.6 is 0 Å². The van der Waals surface area contributed by atoms with Crippen molar-refractivity contribution in [2.75, 3.05) is 33.8 Å². The molecule has 1 unspecified atom stereocenters. The number of hydrogen-bond donors (Lipinski definition) is 2. The lowest BCUT2D eigenvalue weighted by molar-refractivity contribution is -0.188. The van der Waals surface area contributed by atoms with Crippen LogP contribution < -0.4 is 10.1 Å². The van der Waals surface area contributed by atoms with E-state index in [9.17, 15) is 24.3 Å². The van der Waals surface area contributed by atoms with Crippen LogP contribution in [0.5, 0.6) is 5.75 Å². The molecule has 0 saturated carbocycles. The minimum atomic E-state index is -1.05. The quantitative estimate of drug-likeness (QED) is 0.502. The van der Waals surface area contributed by atoms with Gasteiger partial charge in [0.15, 0.2) is 0 Å². The highest BCUT2D eigenvalue weighted by molar-refractivity contribution is 5.91. The number of carbonyl (C=O) groups excluding carboxylic acids is 3. The van der Waals surface area contributed by atoms with Crippen LogP contribution in [0, 0.1) is 0 Å². The van der Waals surface area contributed by atoms with E-state index in [1.54, 1.807) is 36.2 Å². The smallest absolute Gasteiger partial charge is 0.334 e. The molecule has 39 heavy (non-hydrogen) atoms. The standard InChI is InChI=1S/C28H35N5O6/c1-19(21-7-5-4-6-8-21)16-31-17-24-32(23(27(31)37)13-14-26(35)36)25(34)18-30(2)33(24)28(38)29-15-20-9-11-22(39-3)12-10-20/h4-12,19,23-24H,13-18H2,1-3H3,(H,29,38)(H,35,36)/t19?,23-,24-/m0/s1. The van der Waals surface area contributed by atoms with Gasteiger partial charge in [0.25, 0.3) is 0 Å². The van der Waals surface area contributed by atoms with Crippen molar-refractivity contribution in [1.29, 1.82) is 0 Å². The molecule has 0 bridgehead atoms. The molecule has 11 heteroatoms. The average molecular weight is 538 g/mol. The molecule has 2 fully saturated rings. The highest BCUT2D eigenvalue weighted by Crippen LogP contribution is 2.29. The number of carboxylic acids is 1. The zero-order valence-electron chi connectivity index (χ0n) is 22.4. The Balaban J connectivity index is 1.58. The zero-order valence-corrected chi connectivity index (χ0v) is 22.4. The Kier molecular flexibility index (Phi) is 8.70. The fourth-order valence-electron chi connectivity index (χ4n) is 5.23. The van der Waals surface area contributed by atoms with Crippen molar-refractivity contribution in [1.82, 2.24) is 25.1 Å². The van der Waals surface area contributed by atoms with Gasteiger partial charge in [0, 0.05) is 26.6 Å². The number of carboxylic acid groups (broad SMARTS) is 1. The summed E-state index contributed by atoms with van der Waals surface area (Å²) < 4.78 is 5.18. The summed E-state index contributed by atoms with van der Waals surface area (Å²) in [6, 6.07) is 15.7. The highest BCUT2D eigenvalue weighted by atomic mass is 16.5. The Morgan fingerprint density at radius 3 is 2.44 bits per heavy atom. The first-order chi connectivity index (χ1) is 18.7. The van der Waals surface area contributed by atoms with Crippen molar-refractivity contribution in [2.24, 2.45) is 0 Å². The van der Waals surface area contributed by atoms with Crippen molar-refractivity contribution in [3.63, 3.8) is 0 Å². The summed E-state index contributed by atoms with van der Waals surface area (Å²) in [5, 5.41) is 15.3. The predicted molar refractivity (Wildman–Crippen MR) is 142 cm³/mol. The third-order valence-corrected chi connectivity index (χ3v) is 7.24. The molecule has 4 amide bonds. The molecule has 3 atom stereocenters. The summed E-state index contributed by atoms with van der Waals surface area (Å²) in [6.07, 6.45) is -1.07. The van der Waals surface area contributed by atoms with E-state index in [0.29, 0.717) is 12.3 Å². The molecule has 2 aliphatic rings. The second-order valence-corrected chi connectivity index (χ2v) is 9.95. The van der Waals surface area contributed by atoms with Gasteiger partial charge in [-0.2, -0.15) is 0 Å². The Hall–Kier alpha value is -4.12. The fourth-order valence-corrected chi connectivity index (χ4v) is 5.23. The third-order valence-electron chi connectivity index (χ3n) is 7.24. The molecule has 2 heterocycles. The van der Waals surface area contributed by atoms with E-state index in [4.69, 9.17) is 4.74 Å². The Morgan fingerprint density at radius 1 is 1.10 bits per heavy atom. The van der Waals surface area contributed by atoms with E-state index in [2.05, 4.69) is 5.32 Å². The van der Waals surface area contributed by atoms with Crippen molar-refractivity contribution in [3.8, 4) is 5.75 Å². The molecule has 0 radical (unpaired) electrons. The van der Waals surface area contributed by atoms with E-state index in [-0.39, 0.29) is 50.2 Å². The number of carbonyl (C=O) groups is 4. The van der Waals surface area contributed by atoms with E-state index >= 15 is 0 Å². The van der Waals surface area contributed by atoms with E-state index in [1.165, 1.54) is 9.91 Å². The van der Waals surface area contributed by atoms with Gasteiger partial charge in [-0.1, -0.05) is 49.4 Å². The number of hydrogen-bond acceptors (Lipinski definition) is 6. The van der Waals surface area contributed by atoms with Crippen LogP contribution in [0.25, 0.3) is 0 Å². The first-order valence-electron chi connectivity index (χ1n) is 13.0. The molecule has 11 nitrogen and oxygen atoms in total. The Morgan fingerprint density at radius 2 is 1.79 bits per heavy atom. The summed E-state index contributed by atoms with van der Waals surface area (Å²) in [6.45, 7) is 2.65. The maximum Gasteiger partial charge on any atom is 0.334 e. The zero-order chi connectivity index (χ0) is 28.1. The van der Waals surface area contributed by atoms with Crippen LogP contribution in [0.2, 0.25) is 0 Å². The molecule has 0 aliphatic carbocycles. The normalized spacial score (nSPS) is 20.4. The predicted octanol–water partition coefficient (Wildman–Crippen LogP) is 2.10. The number of aliphatic carboxylic acids is 1. The lowest BCUT2D eigenvalue weighted by Gasteiger charge is -2.54. The van der Waals surface area contributed by atoms with Gasteiger partial charge in [-0.25, -0.2) is 14.8 Å². The van der Waals surface area contributed by atoms with Crippen LogP contribution in [0.15, 0.2) is 54.6 Å². The highest BCUT2D eigenvalue weighted by Gasteiger charge is 2.50. The van der Waals surface area contributed by atoms with Crippen LogP contribution in [0.1, 0.15) is 36.8 Å². The molecule has 208 valence electrons. The minimum absolute atomic E-state index is 0.00352. The molecule has 0 spiro atoms. The first kappa shape index (κ1) is 27.9. The molecule has 2 saturated heterocycles. The van der Waals surface area contributed by atoms with Gasteiger partial charge in [-0.15, -0.1) is 0 Å². The number of nitrogens with zero attached hydrogens (tertiary/aromatic N) is 4. The number of urea groups is 1. The van der Waals surface area contributed by atoms with Gasteiger partial charge in [-0.3, -0.25) is 14.4 Å². The Bertz CT molecular complexity index is 1190. The summed E-state index contributed by atoms with van der Waals surface area (Å²) in [4.78, 5) is 54.8. The summed E-state index contributed by atoms with van der Waals surface area (Å²) in [5.74, 6) is -0.965. The number of ether oxygens (including phenoxy) is 1. The second-order valence-electron chi connectivity index (χ2n) is 9.95.